The molecule has 5 heteroatoms. The number of hydrogen-bond acceptors (Lipinski definition) is 3. The fourth-order valence-corrected chi connectivity index (χ4v) is 2.33. The van der Waals surface area contributed by atoms with Crippen molar-refractivity contribution in [1.82, 2.24) is 0 Å². The van der Waals surface area contributed by atoms with E-state index >= 15 is 0 Å². The first-order valence-corrected chi connectivity index (χ1v) is 9.78. The predicted octanol–water partition coefficient (Wildman–Crippen LogP) is 4.44. The van der Waals surface area contributed by atoms with Gasteiger partial charge in [-0.3, -0.25) is 9.59 Å². The van der Waals surface area contributed by atoms with Gasteiger partial charge >= 0.3 is 11.9 Å². The maximum atomic E-state index is 11.9. The van der Waals surface area contributed by atoms with Gasteiger partial charge in [0.15, 0.2) is 6.10 Å². The second-order valence-corrected chi connectivity index (χ2v) is 7.49. The van der Waals surface area contributed by atoms with E-state index in [4.69, 9.17) is 9.84 Å². The highest BCUT2D eigenvalue weighted by Gasteiger charge is 2.24. The van der Waals surface area contributed by atoms with E-state index in [9.17, 15) is 9.59 Å². The summed E-state index contributed by atoms with van der Waals surface area (Å²) in [6.07, 6.45) is 21.8. The molecule has 0 aromatic heterocycles. The van der Waals surface area contributed by atoms with Crippen molar-refractivity contribution in [2.24, 2.45) is 0 Å². The molecule has 0 aliphatic heterocycles. The summed E-state index contributed by atoms with van der Waals surface area (Å²) >= 11 is 0. The molecule has 0 saturated carbocycles. The van der Waals surface area contributed by atoms with E-state index in [1.54, 1.807) is 0 Å². The molecule has 0 aromatic carbocycles. The number of carboxylic acids is 1. The third kappa shape index (κ3) is 18.4. The van der Waals surface area contributed by atoms with E-state index in [1.807, 2.05) is 75.8 Å². The van der Waals surface area contributed by atoms with Crippen molar-refractivity contribution in [2.45, 2.75) is 45.1 Å². The van der Waals surface area contributed by atoms with Crippen molar-refractivity contribution in [3.8, 4) is 0 Å². The highest BCUT2D eigenvalue weighted by atomic mass is 16.5. The number of allylic oxidation sites excluding steroid dienone is 10. The topological polar surface area (TPSA) is 63.6 Å². The SMILES string of the molecule is CC/C=C/C=C/C=C\C=C/C=C/CCCC(=O)OC(CC(=O)O)C[N+](C)(C)C. The summed E-state index contributed by atoms with van der Waals surface area (Å²) in [5.74, 6) is -1.29. The quantitative estimate of drug-likeness (QED) is 0.206. The number of carboxylic acid groups (broad SMARTS) is 1. The molecule has 28 heavy (non-hydrogen) atoms. The lowest BCUT2D eigenvalue weighted by molar-refractivity contribution is -0.873. The molecule has 0 saturated heterocycles. The van der Waals surface area contributed by atoms with Crippen LogP contribution in [0.1, 0.15) is 39.0 Å². The molecule has 5 nitrogen and oxygen atoms in total. The average Bonchev–Trinajstić information content (AvgIpc) is 2.56. The van der Waals surface area contributed by atoms with Gasteiger partial charge in [0.05, 0.1) is 27.6 Å². The molecule has 0 rings (SSSR count). The highest BCUT2D eigenvalue weighted by Crippen LogP contribution is 2.08. The van der Waals surface area contributed by atoms with Crippen molar-refractivity contribution >= 4 is 11.9 Å². The molecule has 0 heterocycles. The Kier molecular flexibility index (Phi) is 14.3. The minimum atomic E-state index is -0.956. The van der Waals surface area contributed by atoms with Crippen molar-refractivity contribution in [2.75, 3.05) is 27.7 Å². The molecule has 0 fully saturated rings. The average molecular weight is 391 g/mol. The second kappa shape index (κ2) is 15.6. The van der Waals surface area contributed by atoms with Crippen LogP contribution in [0.3, 0.4) is 0 Å². The fraction of sp³-hybridized carbons (Fsp3) is 0.478. The van der Waals surface area contributed by atoms with E-state index in [0.717, 1.165) is 12.8 Å². The zero-order valence-corrected chi connectivity index (χ0v) is 17.7. The summed E-state index contributed by atoms with van der Waals surface area (Å²) in [4.78, 5) is 22.9. The molecule has 0 spiro atoms. The zero-order valence-electron chi connectivity index (χ0n) is 17.7. The van der Waals surface area contributed by atoms with Gasteiger partial charge in [0.25, 0.3) is 0 Å². The Labute approximate surface area is 170 Å². The summed E-state index contributed by atoms with van der Waals surface area (Å²) in [6.45, 7) is 2.57. The first kappa shape index (κ1) is 25.6. The van der Waals surface area contributed by atoms with Crippen molar-refractivity contribution < 1.29 is 23.9 Å². The van der Waals surface area contributed by atoms with Gasteiger partial charge in [0.2, 0.25) is 0 Å². The van der Waals surface area contributed by atoms with E-state index < -0.39 is 12.1 Å². The Morgan fingerprint density at radius 1 is 0.929 bits per heavy atom. The third-order valence-corrected chi connectivity index (χ3v) is 3.49. The first-order chi connectivity index (χ1) is 13.2. The number of rotatable bonds is 14. The molecule has 0 aromatic rings. The Hall–Kier alpha value is -2.40. The summed E-state index contributed by atoms with van der Waals surface area (Å²) < 4.78 is 5.89. The molecule has 1 N–H and O–H groups in total. The summed E-state index contributed by atoms with van der Waals surface area (Å²) in [7, 11) is 5.82. The number of carbonyl (C=O) groups excluding carboxylic acids is 1. The van der Waals surface area contributed by atoms with Gasteiger partial charge in [-0.05, 0) is 19.3 Å². The number of hydrogen-bond donors (Lipinski definition) is 1. The van der Waals surface area contributed by atoms with E-state index in [1.165, 1.54) is 0 Å². The molecule has 0 radical (unpaired) electrons. The van der Waals surface area contributed by atoms with Crippen LogP contribution in [0.5, 0.6) is 0 Å². The van der Waals surface area contributed by atoms with Crippen LogP contribution in [0.25, 0.3) is 0 Å². The van der Waals surface area contributed by atoms with Gasteiger partial charge in [-0.2, -0.15) is 0 Å². The third-order valence-electron chi connectivity index (χ3n) is 3.49. The Morgan fingerprint density at radius 3 is 1.96 bits per heavy atom. The van der Waals surface area contributed by atoms with Crippen LogP contribution in [-0.2, 0) is 14.3 Å². The van der Waals surface area contributed by atoms with Gasteiger partial charge in [0.1, 0.15) is 6.54 Å². The van der Waals surface area contributed by atoms with Crippen LogP contribution in [0.2, 0.25) is 0 Å². The monoisotopic (exact) mass is 390 g/mol. The van der Waals surface area contributed by atoms with Crippen LogP contribution in [-0.4, -0.2) is 55.3 Å². The predicted molar refractivity (Wildman–Crippen MR) is 115 cm³/mol. The minimum absolute atomic E-state index is 0.163. The fourth-order valence-electron chi connectivity index (χ4n) is 2.33. The van der Waals surface area contributed by atoms with Crippen molar-refractivity contribution in [3.05, 3.63) is 60.8 Å². The smallest absolute Gasteiger partial charge is 0.307 e. The molecular formula is C23H36NO4+. The first-order valence-electron chi connectivity index (χ1n) is 9.78. The number of unbranched alkanes of at least 4 members (excludes halogenated alkanes) is 1. The Morgan fingerprint density at radius 2 is 1.46 bits per heavy atom. The molecule has 0 aliphatic rings. The number of aliphatic carboxylic acids is 1. The number of likely N-dealkylation sites (N-methyl/N-ethyl adjacent to an activating group) is 1. The number of esters is 1. The Bertz CT molecular complexity index is 592. The van der Waals surface area contributed by atoms with Crippen LogP contribution in [0.4, 0.5) is 0 Å². The van der Waals surface area contributed by atoms with Crippen LogP contribution >= 0.6 is 0 Å². The maximum Gasteiger partial charge on any atom is 0.307 e. The van der Waals surface area contributed by atoms with Gasteiger partial charge in [0, 0.05) is 6.42 Å². The number of nitrogens with zero attached hydrogens (tertiary/aromatic N) is 1. The molecule has 156 valence electrons. The van der Waals surface area contributed by atoms with Crippen LogP contribution in [0, 0.1) is 0 Å². The molecule has 0 aliphatic carbocycles. The second-order valence-electron chi connectivity index (χ2n) is 7.49. The van der Waals surface area contributed by atoms with E-state index in [-0.39, 0.29) is 18.8 Å². The molecule has 0 amide bonds. The maximum absolute atomic E-state index is 11.9. The molecule has 1 atom stereocenters. The molecular weight excluding hydrogens is 354 g/mol. The summed E-state index contributed by atoms with van der Waals surface area (Å²) in [5, 5.41) is 8.97. The lowest BCUT2D eigenvalue weighted by atomic mass is 10.2. The highest BCUT2D eigenvalue weighted by molar-refractivity contribution is 5.71. The van der Waals surface area contributed by atoms with Crippen molar-refractivity contribution in [3.63, 3.8) is 0 Å². The Balaban J connectivity index is 4.09. The van der Waals surface area contributed by atoms with Gasteiger partial charge in [-0.1, -0.05) is 67.7 Å². The lowest BCUT2D eigenvalue weighted by Crippen LogP contribution is -2.43. The molecule has 0 bridgehead atoms. The molecule has 1 unspecified atom stereocenters. The van der Waals surface area contributed by atoms with Crippen LogP contribution < -0.4 is 0 Å². The van der Waals surface area contributed by atoms with Gasteiger partial charge < -0.3 is 14.3 Å². The lowest BCUT2D eigenvalue weighted by Gasteiger charge is -2.28. The standard InChI is InChI=1S/C23H35NO4/c1-5-6-7-8-9-10-11-12-13-14-15-16-17-18-23(27)28-21(19-22(25)26)20-24(2,3)4/h6-15,21H,5,16-20H2,1-4H3/p+1/b7-6+,9-8+,11-10-,13-12-,15-14+. The van der Waals surface area contributed by atoms with E-state index in [0.29, 0.717) is 17.4 Å². The number of quaternary nitrogens is 1. The number of ether oxygens (including phenoxy) is 1. The normalized spacial score (nSPS) is 14.1. The largest absolute Gasteiger partial charge is 0.481 e. The summed E-state index contributed by atoms with van der Waals surface area (Å²) in [5.41, 5.74) is 0. The van der Waals surface area contributed by atoms with Gasteiger partial charge in [-0.15, -0.1) is 0 Å². The van der Waals surface area contributed by atoms with Crippen molar-refractivity contribution in [1.29, 1.82) is 0 Å². The number of carbonyl (C=O) groups is 2. The van der Waals surface area contributed by atoms with Gasteiger partial charge in [-0.25, -0.2) is 0 Å². The van der Waals surface area contributed by atoms with E-state index in [2.05, 4.69) is 13.0 Å². The minimum Gasteiger partial charge on any atom is -0.481 e. The summed E-state index contributed by atoms with van der Waals surface area (Å²) in [6, 6.07) is 0. The zero-order chi connectivity index (χ0) is 21.3. The van der Waals surface area contributed by atoms with Crippen LogP contribution in [0.15, 0.2) is 60.8 Å².